The molecule has 3 aromatic rings. The first-order valence-corrected chi connectivity index (χ1v) is 9.85. The van der Waals surface area contributed by atoms with Crippen molar-refractivity contribution in [3.8, 4) is 0 Å². The zero-order chi connectivity index (χ0) is 19.0. The maximum absolute atomic E-state index is 9.18. The van der Waals surface area contributed by atoms with E-state index in [1.54, 1.807) is 0 Å². The van der Waals surface area contributed by atoms with E-state index in [-0.39, 0.29) is 6.61 Å². The van der Waals surface area contributed by atoms with Crippen LogP contribution in [0.15, 0.2) is 12.1 Å². The summed E-state index contributed by atoms with van der Waals surface area (Å²) in [6.07, 6.45) is 2.02. The van der Waals surface area contributed by atoms with Crippen LogP contribution in [0.3, 0.4) is 0 Å². The summed E-state index contributed by atoms with van der Waals surface area (Å²) in [5.41, 5.74) is 4.95. The van der Waals surface area contributed by atoms with Crippen molar-refractivity contribution in [2.75, 3.05) is 44.2 Å². The van der Waals surface area contributed by atoms with E-state index >= 15 is 0 Å². The molecule has 0 radical (unpaired) electrons. The highest BCUT2D eigenvalue weighted by molar-refractivity contribution is 5.93. The number of hydrogen-bond acceptors (Lipinski definition) is 6. The number of anilines is 1. The zero-order valence-electron chi connectivity index (χ0n) is 16.4. The highest BCUT2D eigenvalue weighted by Gasteiger charge is 2.22. The van der Waals surface area contributed by atoms with Crippen molar-refractivity contribution >= 4 is 22.5 Å². The largest absolute Gasteiger partial charge is 0.395 e. The van der Waals surface area contributed by atoms with Crippen LogP contribution in [0.25, 0.3) is 16.7 Å². The van der Waals surface area contributed by atoms with Gasteiger partial charge in [0.25, 0.3) is 0 Å². The molecule has 0 aliphatic carbocycles. The standard InChI is InChI=1S/C20H28N6O/c1-4-5-16-13-17(25-8-6-24(7-9-25)10-11-27)26-20(22-16)18-14(2)12-15(3)21-19(18)23-26/h12-13,27H,4-11H2,1-3H3. The molecule has 4 heterocycles. The smallest absolute Gasteiger partial charge is 0.184 e. The average Bonchev–Trinajstić information content (AvgIpc) is 3.00. The summed E-state index contributed by atoms with van der Waals surface area (Å²) in [6, 6.07) is 4.29. The fourth-order valence-electron chi connectivity index (χ4n) is 4.01. The van der Waals surface area contributed by atoms with Gasteiger partial charge in [0.05, 0.1) is 12.0 Å². The molecule has 27 heavy (non-hydrogen) atoms. The maximum Gasteiger partial charge on any atom is 0.184 e. The van der Waals surface area contributed by atoms with Crippen molar-refractivity contribution in [3.63, 3.8) is 0 Å². The predicted molar refractivity (Wildman–Crippen MR) is 107 cm³/mol. The van der Waals surface area contributed by atoms with E-state index < -0.39 is 0 Å². The molecule has 4 rings (SSSR count). The summed E-state index contributed by atoms with van der Waals surface area (Å²) in [6.45, 7) is 11.0. The average molecular weight is 368 g/mol. The van der Waals surface area contributed by atoms with Gasteiger partial charge in [0.2, 0.25) is 0 Å². The molecule has 0 atom stereocenters. The Kier molecular flexibility index (Phi) is 4.97. The summed E-state index contributed by atoms with van der Waals surface area (Å²) < 4.78 is 1.98. The minimum Gasteiger partial charge on any atom is -0.395 e. The summed E-state index contributed by atoms with van der Waals surface area (Å²) in [5.74, 6) is 1.10. The SMILES string of the molecule is CCCc1cc(N2CCN(CCO)CC2)n2nc3nc(C)cc(C)c3c2n1. The molecular weight excluding hydrogens is 340 g/mol. The van der Waals surface area contributed by atoms with Gasteiger partial charge < -0.3 is 10.0 Å². The van der Waals surface area contributed by atoms with Gasteiger partial charge in [-0.1, -0.05) is 13.3 Å². The number of fused-ring (bicyclic) bond motifs is 3. The molecular formula is C20H28N6O. The van der Waals surface area contributed by atoms with E-state index in [2.05, 4.69) is 40.8 Å². The number of aliphatic hydroxyl groups excluding tert-OH is 1. The van der Waals surface area contributed by atoms with Crippen molar-refractivity contribution in [2.24, 2.45) is 0 Å². The van der Waals surface area contributed by atoms with Crippen LogP contribution >= 0.6 is 0 Å². The summed E-state index contributed by atoms with van der Waals surface area (Å²) in [7, 11) is 0. The third-order valence-corrected chi connectivity index (χ3v) is 5.33. The molecule has 0 aromatic carbocycles. The molecule has 1 aliphatic heterocycles. The third kappa shape index (κ3) is 3.37. The van der Waals surface area contributed by atoms with E-state index in [4.69, 9.17) is 10.1 Å². The number of rotatable bonds is 5. The number of aromatic nitrogens is 4. The van der Waals surface area contributed by atoms with Crippen LogP contribution in [0.2, 0.25) is 0 Å². The predicted octanol–water partition coefficient (Wildman–Crippen LogP) is 1.96. The Morgan fingerprint density at radius 3 is 2.56 bits per heavy atom. The van der Waals surface area contributed by atoms with Gasteiger partial charge in [0.15, 0.2) is 11.3 Å². The van der Waals surface area contributed by atoms with Crippen LogP contribution in [-0.4, -0.2) is 68.9 Å². The first-order valence-electron chi connectivity index (χ1n) is 9.85. The first-order chi connectivity index (χ1) is 13.1. The molecule has 0 spiro atoms. The normalized spacial score (nSPS) is 15.9. The summed E-state index contributed by atoms with van der Waals surface area (Å²) in [5, 5.41) is 15.1. The van der Waals surface area contributed by atoms with Gasteiger partial charge in [-0.25, -0.2) is 9.97 Å². The Morgan fingerprint density at radius 2 is 1.85 bits per heavy atom. The Morgan fingerprint density at radius 1 is 1.07 bits per heavy atom. The van der Waals surface area contributed by atoms with Crippen molar-refractivity contribution in [2.45, 2.75) is 33.6 Å². The third-order valence-electron chi connectivity index (χ3n) is 5.33. The number of piperazine rings is 1. The van der Waals surface area contributed by atoms with Gasteiger partial charge in [-0.15, -0.1) is 5.10 Å². The molecule has 0 amide bonds. The second kappa shape index (κ2) is 7.40. The number of hydrogen-bond donors (Lipinski definition) is 1. The lowest BCUT2D eigenvalue weighted by Crippen LogP contribution is -2.47. The molecule has 7 heteroatoms. The van der Waals surface area contributed by atoms with Crippen LogP contribution in [0.5, 0.6) is 0 Å². The molecule has 144 valence electrons. The Bertz CT molecular complexity index is 958. The number of aryl methyl sites for hydroxylation is 3. The van der Waals surface area contributed by atoms with Crippen LogP contribution in [0, 0.1) is 13.8 Å². The Labute approximate surface area is 159 Å². The monoisotopic (exact) mass is 368 g/mol. The topological polar surface area (TPSA) is 69.8 Å². The van der Waals surface area contributed by atoms with E-state index in [1.165, 1.54) is 5.56 Å². The molecule has 7 nitrogen and oxygen atoms in total. The fourth-order valence-corrected chi connectivity index (χ4v) is 4.01. The van der Waals surface area contributed by atoms with E-state index in [9.17, 15) is 5.11 Å². The molecule has 1 saturated heterocycles. The highest BCUT2D eigenvalue weighted by Crippen LogP contribution is 2.27. The van der Waals surface area contributed by atoms with Crippen molar-refractivity contribution in [1.82, 2.24) is 24.5 Å². The molecule has 1 aliphatic rings. The highest BCUT2D eigenvalue weighted by atomic mass is 16.3. The molecule has 0 bridgehead atoms. The van der Waals surface area contributed by atoms with E-state index in [0.29, 0.717) is 0 Å². The van der Waals surface area contributed by atoms with Gasteiger partial charge in [-0.05, 0) is 31.9 Å². The van der Waals surface area contributed by atoms with Crippen molar-refractivity contribution in [3.05, 3.63) is 29.1 Å². The van der Waals surface area contributed by atoms with Crippen molar-refractivity contribution in [1.29, 1.82) is 0 Å². The summed E-state index contributed by atoms with van der Waals surface area (Å²) >= 11 is 0. The number of aliphatic hydroxyl groups is 1. The van der Waals surface area contributed by atoms with Gasteiger partial charge in [0.1, 0.15) is 5.82 Å². The number of pyridine rings is 1. The van der Waals surface area contributed by atoms with E-state index in [1.807, 2.05) is 11.4 Å². The lowest BCUT2D eigenvalue weighted by Gasteiger charge is -2.35. The molecule has 0 unspecified atom stereocenters. The molecule has 0 saturated carbocycles. The maximum atomic E-state index is 9.18. The lowest BCUT2D eigenvalue weighted by atomic mass is 10.1. The molecule has 1 N–H and O–H groups in total. The van der Waals surface area contributed by atoms with Crippen LogP contribution < -0.4 is 4.90 Å². The lowest BCUT2D eigenvalue weighted by molar-refractivity contribution is 0.188. The minimum atomic E-state index is 0.217. The quantitative estimate of drug-likeness (QED) is 0.742. The fraction of sp³-hybridized carbons (Fsp3) is 0.550. The van der Waals surface area contributed by atoms with Gasteiger partial charge >= 0.3 is 0 Å². The van der Waals surface area contributed by atoms with Crippen LogP contribution in [0.1, 0.15) is 30.3 Å². The van der Waals surface area contributed by atoms with Crippen molar-refractivity contribution < 1.29 is 5.11 Å². The van der Waals surface area contributed by atoms with Gasteiger partial charge in [-0.3, -0.25) is 4.90 Å². The molecule has 3 aromatic heterocycles. The Hall–Kier alpha value is -2.25. The van der Waals surface area contributed by atoms with Crippen LogP contribution in [-0.2, 0) is 6.42 Å². The second-order valence-electron chi connectivity index (χ2n) is 7.42. The number of β-amino-alcohol motifs (C(OH)–C–C–N with tert-alkyl or cyclic N) is 1. The zero-order valence-corrected chi connectivity index (χ0v) is 16.4. The minimum absolute atomic E-state index is 0.217. The van der Waals surface area contributed by atoms with E-state index in [0.717, 1.165) is 79.5 Å². The van der Waals surface area contributed by atoms with Crippen LogP contribution in [0.4, 0.5) is 5.82 Å². The van der Waals surface area contributed by atoms with Gasteiger partial charge in [-0.2, -0.15) is 4.52 Å². The van der Waals surface area contributed by atoms with Gasteiger partial charge in [0, 0.05) is 50.2 Å². The summed E-state index contributed by atoms with van der Waals surface area (Å²) in [4.78, 5) is 14.3. The second-order valence-corrected chi connectivity index (χ2v) is 7.42. The number of nitrogens with zero attached hydrogens (tertiary/aromatic N) is 6. The first kappa shape index (κ1) is 18.1. The Balaban J connectivity index is 1.82. The molecule has 1 fully saturated rings.